The molecule has 0 spiro atoms. The summed E-state index contributed by atoms with van der Waals surface area (Å²) in [6.45, 7) is 0.929. The number of anilines is 1. The predicted molar refractivity (Wildman–Crippen MR) is 141 cm³/mol. The van der Waals surface area contributed by atoms with Crippen molar-refractivity contribution in [3.05, 3.63) is 71.2 Å². The lowest BCUT2D eigenvalue weighted by molar-refractivity contribution is -0.119. The van der Waals surface area contributed by atoms with Gasteiger partial charge in [0.05, 0.1) is 37.6 Å². The lowest BCUT2D eigenvalue weighted by Crippen LogP contribution is -2.40. The van der Waals surface area contributed by atoms with Crippen LogP contribution >= 0.6 is 11.6 Å². The van der Waals surface area contributed by atoms with Crippen LogP contribution in [0.25, 0.3) is 0 Å². The molecule has 0 aliphatic rings. The minimum Gasteiger partial charge on any atom is -0.507 e. The number of hydrogen-bond acceptors (Lipinski definition) is 8. The third-order valence-corrected chi connectivity index (χ3v) is 7.27. The Morgan fingerprint density at radius 1 is 0.973 bits per heavy atom. The van der Waals surface area contributed by atoms with E-state index < -0.39 is 22.5 Å². The van der Waals surface area contributed by atoms with Crippen molar-refractivity contribution >= 4 is 38.9 Å². The number of ether oxygens (including phenoxy) is 3. The molecular formula is C25H26ClN3O7S. The van der Waals surface area contributed by atoms with Gasteiger partial charge in [-0.15, -0.1) is 0 Å². The maximum Gasteiger partial charge on any atom is 0.265 e. The number of hydrogen-bond donors (Lipinski definition) is 2. The molecular weight excluding hydrogens is 522 g/mol. The maximum absolute atomic E-state index is 13.8. The van der Waals surface area contributed by atoms with Gasteiger partial charge in [-0.2, -0.15) is 5.10 Å². The fourth-order valence-corrected chi connectivity index (χ4v) is 5.02. The summed E-state index contributed by atoms with van der Waals surface area (Å²) < 4.78 is 44.3. The van der Waals surface area contributed by atoms with Crippen molar-refractivity contribution < 1.29 is 32.5 Å². The van der Waals surface area contributed by atoms with Gasteiger partial charge in [0, 0.05) is 16.7 Å². The van der Waals surface area contributed by atoms with Gasteiger partial charge in [0.15, 0.2) is 11.5 Å². The maximum atomic E-state index is 13.8. The first-order chi connectivity index (χ1) is 17.6. The van der Waals surface area contributed by atoms with E-state index >= 15 is 0 Å². The average Bonchev–Trinajstić information content (AvgIpc) is 2.90. The topological polar surface area (TPSA) is 127 Å². The Morgan fingerprint density at radius 3 is 2.27 bits per heavy atom. The predicted octanol–water partition coefficient (Wildman–Crippen LogP) is 3.81. The van der Waals surface area contributed by atoms with Crippen LogP contribution < -0.4 is 23.9 Å². The smallest absolute Gasteiger partial charge is 0.265 e. The fraction of sp³-hybridized carbons (Fsp3) is 0.200. The zero-order valence-corrected chi connectivity index (χ0v) is 22.1. The number of nitrogens with zero attached hydrogens (tertiary/aromatic N) is 2. The van der Waals surface area contributed by atoms with Crippen molar-refractivity contribution in [1.82, 2.24) is 5.43 Å². The third-order valence-electron chi connectivity index (χ3n) is 5.28. The van der Waals surface area contributed by atoms with Gasteiger partial charge < -0.3 is 19.3 Å². The fourth-order valence-electron chi connectivity index (χ4n) is 3.41. The zero-order valence-electron chi connectivity index (χ0n) is 20.6. The molecule has 3 rings (SSSR count). The molecule has 12 heteroatoms. The molecule has 0 atom stereocenters. The average molecular weight is 548 g/mol. The van der Waals surface area contributed by atoms with Crippen LogP contribution in [-0.4, -0.2) is 53.0 Å². The molecule has 0 radical (unpaired) electrons. The number of para-hydroxylation sites is 1. The Morgan fingerprint density at radius 2 is 1.62 bits per heavy atom. The third kappa shape index (κ3) is 6.25. The van der Waals surface area contributed by atoms with Crippen molar-refractivity contribution in [1.29, 1.82) is 0 Å². The van der Waals surface area contributed by atoms with Crippen molar-refractivity contribution in [3.63, 3.8) is 0 Å². The molecule has 10 nitrogen and oxygen atoms in total. The highest BCUT2D eigenvalue weighted by molar-refractivity contribution is 7.92. The Kier molecular flexibility index (Phi) is 8.85. The first kappa shape index (κ1) is 27.6. The van der Waals surface area contributed by atoms with Gasteiger partial charge in [0.25, 0.3) is 15.9 Å². The van der Waals surface area contributed by atoms with Crippen LogP contribution in [0.1, 0.15) is 12.5 Å². The summed E-state index contributed by atoms with van der Waals surface area (Å²) in [6.07, 6.45) is 0. The Hall–Kier alpha value is -3.96. The number of phenolic OH excluding ortho intramolecular Hbond substituents is 1. The molecule has 37 heavy (non-hydrogen) atoms. The highest BCUT2D eigenvalue weighted by Crippen LogP contribution is 2.37. The van der Waals surface area contributed by atoms with E-state index in [2.05, 4.69) is 10.5 Å². The Labute approximate surface area is 220 Å². The quantitative estimate of drug-likeness (QED) is 0.292. The molecule has 0 aromatic heterocycles. The largest absolute Gasteiger partial charge is 0.507 e. The minimum atomic E-state index is -4.34. The van der Waals surface area contributed by atoms with Crippen LogP contribution in [-0.2, 0) is 14.8 Å². The molecule has 3 aromatic rings. The van der Waals surface area contributed by atoms with E-state index in [1.54, 1.807) is 25.1 Å². The first-order valence-corrected chi connectivity index (χ1v) is 12.6. The molecule has 3 aromatic carbocycles. The van der Waals surface area contributed by atoms with Crippen LogP contribution in [0.2, 0.25) is 5.02 Å². The van der Waals surface area contributed by atoms with Crippen LogP contribution in [0.3, 0.4) is 0 Å². The van der Waals surface area contributed by atoms with Gasteiger partial charge in [0.2, 0.25) is 0 Å². The summed E-state index contributed by atoms with van der Waals surface area (Å²) in [6, 6.07) is 14.9. The highest BCUT2D eigenvalue weighted by Gasteiger charge is 2.30. The number of phenols is 1. The summed E-state index contributed by atoms with van der Waals surface area (Å²) in [5, 5.41) is 14.3. The summed E-state index contributed by atoms with van der Waals surface area (Å²) in [4.78, 5) is 12.8. The van der Waals surface area contributed by atoms with Gasteiger partial charge in [-0.05, 0) is 49.4 Å². The molecule has 0 aliphatic heterocycles. The molecule has 1 amide bonds. The SMILES string of the molecule is COc1ccc(S(=O)(=O)N(CC(=O)N/N=C(/C)c2ccccc2O)c2cc(Cl)ccc2OC)cc1OC. The van der Waals surface area contributed by atoms with Gasteiger partial charge >= 0.3 is 0 Å². The van der Waals surface area contributed by atoms with Crippen LogP contribution in [0.15, 0.2) is 70.7 Å². The number of nitrogens with one attached hydrogen (secondary N) is 1. The number of carbonyl (C=O) groups is 1. The van der Waals surface area contributed by atoms with Crippen molar-refractivity contribution in [2.45, 2.75) is 11.8 Å². The van der Waals surface area contributed by atoms with Gasteiger partial charge in [-0.25, -0.2) is 13.8 Å². The number of aromatic hydroxyl groups is 1. The summed E-state index contributed by atoms with van der Waals surface area (Å²) in [5.41, 5.74) is 3.11. The summed E-state index contributed by atoms with van der Waals surface area (Å²) in [7, 11) is -0.168. The molecule has 0 saturated heterocycles. The second-order valence-corrected chi connectivity index (χ2v) is 9.89. The number of methoxy groups -OCH3 is 3. The number of sulfonamides is 1. The Bertz CT molecular complexity index is 1430. The molecule has 0 aliphatic carbocycles. The number of hydrazone groups is 1. The minimum absolute atomic E-state index is 0.0145. The normalized spacial score (nSPS) is 11.5. The standard InChI is InChI=1S/C25H26ClN3O7S/c1-16(19-7-5-6-8-21(19)30)27-28-25(31)15-29(20-13-17(26)9-11-22(20)34-2)37(32,33)18-10-12-23(35-3)24(14-18)36-4/h5-14,30H,15H2,1-4H3,(H,28,31)/b27-16-. The van der Waals surface area contributed by atoms with Crippen LogP contribution in [0, 0.1) is 0 Å². The van der Waals surface area contributed by atoms with Crippen molar-refractivity contribution in [3.8, 4) is 23.0 Å². The lowest BCUT2D eigenvalue weighted by atomic mass is 10.1. The molecule has 0 saturated carbocycles. The van der Waals surface area contributed by atoms with Gasteiger partial charge in [0.1, 0.15) is 18.0 Å². The van der Waals surface area contributed by atoms with E-state index in [9.17, 15) is 18.3 Å². The number of carbonyl (C=O) groups excluding carboxylic acids is 1. The molecule has 0 unspecified atom stereocenters. The number of halogens is 1. The summed E-state index contributed by atoms with van der Waals surface area (Å²) >= 11 is 6.16. The van der Waals surface area contributed by atoms with E-state index in [0.717, 1.165) is 4.31 Å². The second kappa shape index (κ2) is 11.8. The van der Waals surface area contributed by atoms with Crippen LogP contribution in [0.5, 0.6) is 23.0 Å². The second-order valence-electron chi connectivity index (χ2n) is 7.59. The van der Waals surface area contributed by atoms with E-state index in [4.69, 9.17) is 25.8 Å². The van der Waals surface area contributed by atoms with Crippen LogP contribution in [0.4, 0.5) is 5.69 Å². The van der Waals surface area contributed by atoms with E-state index in [1.165, 1.54) is 63.8 Å². The highest BCUT2D eigenvalue weighted by atomic mass is 35.5. The van der Waals surface area contributed by atoms with Crippen molar-refractivity contribution in [2.24, 2.45) is 5.10 Å². The number of rotatable bonds is 10. The first-order valence-electron chi connectivity index (χ1n) is 10.8. The van der Waals surface area contributed by atoms with Crippen molar-refractivity contribution in [2.75, 3.05) is 32.2 Å². The molecule has 0 fully saturated rings. The monoisotopic (exact) mass is 547 g/mol. The lowest BCUT2D eigenvalue weighted by Gasteiger charge is -2.26. The number of amides is 1. The molecule has 0 heterocycles. The Balaban J connectivity index is 2.02. The molecule has 2 N–H and O–H groups in total. The zero-order chi connectivity index (χ0) is 27.2. The number of benzene rings is 3. The van der Waals surface area contributed by atoms with Gasteiger partial charge in [-0.1, -0.05) is 23.7 Å². The van der Waals surface area contributed by atoms with E-state index in [1.807, 2.05) is 0 Å². The van der Waals surface area contributed by atoms with E-state index in [0.29, 0.717) is 17.0 Å². The summed E-state index contributed by atoms with van der Waals surface area (Å²) in [5.74, 6) is -0.0655. The van der Waals surface area contributed by atoms with Gasteiger partial charge in [-0.3, -0.25) is 9.10 Å². The van der Waals surface area contributed by atoms with E-state index in [-0.39, 0.29) is 32.9 Å². The molecule has 196 valence electrons. The molecule has 0 bridgehead atoms.